The molecule has 0 amide bonds. The molecule has 0 spiro atoms. The van der Waals surface area contributed by atoms with Gasteiger partial charge in [0, 0.05) is 27.3 Å². The van der Waals surface area contributed by atoms with Crippen molar-refractivity contribution in [2.75, 3.05) is 0 Å². The van der Waals surface area contributed by atoms with Gasteiger partial charge in [0.15, 0.2) is 62.1 Å². The molecule has 21 heteroatoms. The van der Waals surface area contributed by atoms with E-state index in [4.69, 9.17) is 72.9 Å². The Bertz CT molecular complexity index is 813. The molecule has 0 aromatic rings. The Morgan fingerprint density at radius 1 is 0.440 bits per heavy atom. The van der Waals surface area contributed by atoms with E-state index >= 15 is 0 Å². The third kappa shape index (κ3) is 85.7. The smallest absolute Gasteiger partial charge is 0.190 e. The van der Waals surface area contributed by atoms with Crippen molar-refractivity contribution in [2.24, 2.45) is 0 Å². The fourth-order valence-electron chi connectivity index (χ4n) is 0. The van der Waals surface area contributed by atoms with Crippen LogP contribution in [0.15, 0.2) is 0 Å². The zero-order chi connectivity index (χ0) is 20.8. The molecule has 0 atom stereocenters. The Hall–Kier alpha value is -1.48. The predicted octanol–water partition coefficient (Wildman–Crippen LogP) is -4.33. The van der Waals surface area contributed by atoms with Gasteiger partial charge in [-0.05, 0) is 0 Å². The molecule has 16 nitrogen and oxygen atoms in total. The van der Waals surface area contributed by atoms with Crippen LogP contribution in [0, 0.1) is 42.7 Å². The molecule has 0 heterocycles. The molecule has 25 heavy (non-hydrogen) atoms. The van der Waals surface area contributed by atoms with Crippen molar-refractivity contribution in [2.45, 2.75) is 0 Å². The van der Waals surface area contributed by atoms with Crippen LogP contribution < -0.4 is 0 Å². The molecule has 0 saturated heterocycles. The average Bonchev–Trinajstić information content (AvgIpc) is 2.37. The van der Waals surface area contributed by atoms with E-state index in [1.807, 2.05) is 0 Å². The van der Waals surface area contributed by atoms with Gasteiger partial charge in [-0.25, -0.2) is 33.7 Å². The van der Waals surface area contributed by atoms with Gasteiger partial charge in [0.25, 0.3) is 0 Å². The maximum Gasteiger partial charge on any atom is 0.190 e. The number of nitriles is 4. The Kier molecular flexibility index (Phi) is 20.6. The molecule has 0 rings (SSSR count). The van der Waals surface area contributed by atoms with Gasteiger partial charge < -0.3 is 18.2 Å². The summed E-state index contributed by atoms with van der Waals surface area (Å²) >= 11 is 0. The Morgan fingerprint density at radius 2 is 0.480 bits per heavy atom. The Balaban J connectivity index is -0.0000000702. The topological polar surface area (TPSA) is 324 Å². The van der Waals surface area contributed by atoms with Gasteiger partial charge in [0.1, 0.15) is 0 Å². The second kappa shape index (κ2) is 14.8. The van der Waals surface area contributed by atoms with Gasteiger partial charge in [0.05, 0.1) is 0 Å². The van der Waals surface area contributed by atoms with Gasteiger partial charge in [0.2, 0.25) is 0 Å². The first kappa shape index (κ1) is 34.8. The van der Waals surface area contributed by atoms with Crippen LogP contribution in [0.25, 0.3) is 0 Å². The molecule has 0 aliphatic carbocycles. The Morgan fingerprint density at radius 3 is 0.480 bits per heavy atom. The number of nitrogens with zero attached hydrogens (tertiary/aromatic N) is 4. The second-order valence-electron chi connectivity index (χ2n) is 2.18. The molecule has 0 aliphatic rings. The number of hydrogen-bond acceptors (Lipinski definition) is 16. The van der Waals surface area contributed by atoms with Crippen molar-refractivity contribution in [1.29, 1.82) is 21.0 Å². The standard InChI is InChI=1S/4CHNO3S.Pb/c4*2-1-6(3,4)5;/h4*(H,3,4,5);/p-4. The van der Waals surface area contributed by atoms with Gasteiger partial charge in [-0.15, -0.1) is 0 Å². The molecule has 0 bridgehead atoms. The first-order valence-corrected chi connectivity index (χ1v) is 9.34. The summed E-state index contributed by atoms with van der Waals surface area (Å²) in [4.78, 5) is 0. The summed E-state index contributed by atoms with van der Waals surface area (Å²) in [6.07, 6.45) is 0. The van der Waals surface area contributed by atoms with E-state index < -0.39 is 40.5 Å². The molecular formula is C4N4O12PbS4-4. The fraction of sp³-hybridized carbons (Fsp3) is 0. The minimum Gasteiger partial charge on any atom is -0.736 e. The zero-order valence-corrected chi connectivity index (χ0v) is 18.0. The summed E-state index contributed by atoms with van der Waals surface area (Å²) < 4.78 is 109. The number of hydrogen-bond donors (Lipinski definition) is 0. The molecule has 140 valence electrons. The van der Waals surface area contributed by atoms with Crippen LogP contribution in [0.2, 0.25) is 0 Å². The van der Waals surface area contributed by atoms with Crippen molar-refractivity contribution < 1.29 is 51.9 Å². The van der Waals surface area contributed by atoms with E-state index in [9.17, 15) is 0 Å². The summed E-state index contributed by atoms with van der Waals surface area (Å²) in [5.41, 5.74) is 0. The quantitative estimate of drug-likeness (QED) is 0.105. The van der Waals surface area contributed by atoms with Crippen molar-refractivity contribution in [3.05, 3.63) is 0 Å². The SMILES string of the molecule is N#CS(=O)(=O)[O-].N#CS(=O)(=O)[O-].N#CS(=O)(=O)[O-].N#CS(=O)(=O)[O-].[Pb]. The molecule has 0 unspecified atom stereocenters. The van der Waals surface area contributed by atoms with Crippen molar-refractivity contribution in [3.63, 3.8) is 0 Å². The molecular weight excluding hydrogens is 632 g/mol. The average molecular weight is 632 g/mol. The van der Waals surface area contributed by atoms with E-state index in [0.29, 0.717) is 21.6 Å². The third-order valence-corrected chi connectivity index (χ3v) is 1.34. The summed E-state index contributed by atoms with van der Waals surface area (Å²) in [6.45, 7) is 0. The maximum atomic E-state index is 9.08. The molecule has 0 aliphatic heterocycles. The molecule has 4 radical (unpaired) electrons. The normalized spacial score (nSPS) is 9.60. The van der Waals surface area contributed by atoms with Crippen molar-refractivity contribution >= 4 is 67.8 Å². The zero-order valence-electron chi connectivity index (χ0n) is 10.8. The van der Waals surface area contributed by atoms with E-state index in [0.717, 1.165) is 0 Å². The minimum absolute atomic E-state index is 0. The summed E-state index contributed by atoms with van der Waals surface area (Å²) in [7, 11) is -18.4. The minimum atomic E-state index is -4.61. The van der Waals surface area contributed by atoms with Crippen molar-refractivity contribution in [1.82, 2.24) is 0 Å². The van der Waals surface area contributed by atoms with Gasteiger partial charge >= 0.3 is 0 Å². The van der Waals surface area contributed by atoms with E-state index in [1.54, 1.807) is 0 Å². The summed E-state index contributed by atoms with van der Waals surface area (Å²) in [6, 6.07) is 0. The molecule has 0 N–H and O–H groups in total. The predicted molar refractivity (Wildman–Crippen MR) is 67.0 cm³/mol. The first-order valence-electron chi connectivity index (χ1n) is 3.71. The van der Waals surface area contributed by atoms with Crippen LogP contribution in [-0.2, 0) is 40.5 Å². The van der Waals surface area contributed by atoms with Gasteiger partial charge in [-0.2, -0.15) is 21.0 Å². The van der Waals surface area contributed by atoms with E-state index in [2.05, 4.69) is 0 Å². The summed E-state index contributed by atoms with van der Waals surface area (Å²) in [5, 5.41) is 31.1. The molecule has 0 fully saturated rings. The van der Waals surface area contributed by atoms with Crippen LogP contribution in [0.4, 0.5) is 0 Å². The fourth-order valence-corrected chi connectivity index (χ4v) is 0. The second-order valence-corrected chi connectivity index (χ2v) is 6.54. The third-order valence-electron chi connectivity index (χ3n) is 0.447. The van der Waals surface area contributed by atoms with Crippen LogP contribution in [0.3, 0.4) is 0 Å². The van der Waals surface area contributed by atoms with Gasteiger partial charge in [-0.3, -0.25) is 0 Å². The summed E-state index contributed by atoms with van der Waals surface area (Å²) in [5.74, 6) is 0. The van der Waals surface area contributed by atoms with E-state index in [-0.39, 0.29) is 27.3 Å². The van der Waals surface area contributed by atoms with Crippen LogP contribution in [0.5, 0.6) is 0 Å². The molecule has 0 aromatic carbocycles. The largest absolute Gasteiger partial charge is 0.736 e. The number of rotatable bonds is 0. The van der Waals surface area contributed by atoms with Gasteiger partial charge in [-0.1, -0.05) is 0 Å². The molecule has 0 aromatic heterocycles. The maximum absolute atomic E-state index is 9.08. The first-order chi connectivity index (χ1) is 10.2. The van der Waals surface area contributed by atoms with Crippen molar-refractivity contribution in [3.8, 4) is 21.6 Å². The van der Waals surface area contributed by atoms with Crippen LogP contribution in [-0.4, -0.2) is 79.2 Å². The molecule has 0 saturated carbocycles. The Labute approximate surface area is 161 Å². The van der Waals surface area contributed by atoms with Crippen LogP contribution >= 0.6 is 0 Å². The monoisotopic (exact) mass is 632 g/mol. The number of thiocyanates is 4. The van der Waals surface area contributed by atoms with E-state index in [1.165, 1.54) is 0 Å². The van der Waals surface area contributed by atoms with Crippen LogP contribution in [0.1, 0.15) is 0 Å².